The molecule has 4 atom stereocenters. The minimum absolute atomic E-state index is 0.208. The molecule has 0 amide bonds. The van der Waals surface area contributed by atoms with Gasteiger partial charge in [0.05, 0.1) is 12.7 Å². The number of thiophene rings is 1. The molecular weight excluding hydrogens is 362 g/mol. The Morgan fingerprint density at radius 3 is 2.68 bits per heavy atom. The first-order valence-corrected chi connectivity index (χ1v) is 11.0. The van der Waals surface area contributed by atoms with Gasteiger partial charge >= 0.3 is 5.97 Å². The fourth-order valence-electron chi connectivity index (χ4n) is 4.06. The predicted octanol–water partition coefficient (Wildman–Crippen LogP) is 2.66. The molecule has 25 heavy (non-hydrogen) atoms. The quantitative estimate of drug-likeness (QED) is 0.811. The first-order chi connectivity index (χ1) is 11.8. The summed E-state index contributed by atoms with van der Waals surface area (Å²) in [4.78, 5) is 11.3. The third kappa shape index (κ3) is 3.92. The predicted molar refractivity (Wildman–Crippen MR) is 95.0 cm³/mol. The lowest BCUT2D eigenvalue weighted by Crippen LogP contribution is -2.42. The van der Waals surface area contributed by atoms with Crippen molar-refractivity contribution in [3.05, 3.63) is 17.5 Å². The lowest BCUT2D eigenvalue weighted by molar-refractivity contribution is -0.137. The van der Waals surface area contributed by atoms with E-state index in [1.54, 1.807) is 11.4 Å². The van der Waals surface area contributed by atoms with E-state index in [9.17, 15) is 18.3 Å². The Morgan fingerprint density at radius 1 is 1.36 bits per heavy atom. The zero-order valence-electron chi connectivity index (χ0n) is 14.5. The number of fused-ring (bicyclic) bond motifs is 1. The van der Waals surface area contributed by atoms with Gasteiger partial charge in [0.2, 0.25) is 0 Å². The summed E-state index contributed by atoms with van der Waals surface area (Å²) >= 11 is 1.13. The number of carbonyl (C=O) groups is 1. The summed E-state index contributed by atoms with van der Waals surface area (Å²) in [5.74, 6) is 0.0343. The molecule has 1 saturated carbocycles. The molecule has 1 aromatic heterocycles. The Labute approximate surface area is 152 Å². The summed E-state index contributed by atoms with van der Waals surface area (Å²) in [7, 11) is -3.78. The number of nitrogens with zero attached hydrogens (tertiary/aromatic N) is 1. The molecule has 1 aliphatic heterocycles. The molecular formula is C17H25NO5S2. The van der Waals surface area contributed by atoms with Gasteiger partial charge in [-0.15, -0.1) is 11.3 Å². The van der Waals surface area contributed by atoms with Crippen LogP contribution in [0.3, 0.4) is 0 Å². The number of hydrogen-bond donors (Lipinski definition) is 1. The molecule has 140 valence electrons. The highest BCUT2D eigenvalue weighted by Gasteiger charge is 2.45. The first-order valence-electron chi connectivity index (χ1n) is 8.67. The van der Waals surface area contributed by atoms with Crippen molar-refractivity contribution in [1.82, 2.24) is 4.31 Å². The van der Waals surface area contributed by atoms with E-state index in [0.717, 1.165) is 24.2 Å². The fourth-order valence-corrected chi connectivity index (χ4v) is 6.77. The van der Waals surface area contributed by atoms with Gasteiger partial charge in [-0.05, 0) is 48.5 Å². The molecule has 1 aromatic rings. The van der Waals surface area contributed by atoms with Crippen LogP contribution in [-0.2, 0) is 19.6 Å². The average molecular weight is 388 g/mol. The highest BCUT2D eigenvalue weighted by atomic mass is 32.2. The maximum atomic E-state index is 12.9. The van der Waals surface area contributed by atoms with E-state index in [1.807, 2.05) is 0 Å². The topological polar surface area (TPSA) is 83.9 Å². The molecule has 1 saturated heterocycles. The minimum atomic E-state index is -3.78. The van der Waals surface area contributed by atoms with E-state index in [1.165, 1.54) is 10.4 Å². The van der Waals surface area contributed by atoms with Gasteiger partial charge in [0, 0.05) is 6.04 Å². The van der Waals surface area contributed by atoms with Crippen molar-refractivity contribution in [3.8, 4) is 0 Å². The second kappa shape index (κ2) is 7.34. The van der Waals surface area contributed by atoms with Crippen molar-refractivity contribution < 1.29 is 23.1 Å². The number of carboxylic acids is 1. The zero-order valence-corrected chi connectivity index (χ0v) is 16.1. The minimum Gasteiger partial charge on any atom is -0.480 e. The van der Waals surface area contributed by atoms with E-state index in [4.69, 9.17) is 4.74 Å². The van der Waals surface area contributed by atoms with Crippen LogP contribution in [0.25, 0.3) is 0 Å². The third-order valence-corrected chi connectivity index (χ3v) is 8.65. The van der Waals surface area contributed by atoms with Gasteiger partial charge in [0.1, 0.15) is 10.8 Å². The van der Waals surface area contributed by atoms with Crippen LogP contribution in [-0.4, -0.2) is 49.1 Å². The second-order valence-electron chi connectivity index (χ2n) is 7.37. The van der Waals surface area contributed by atoms with Crippen LogP contribution in [0.1, 0.15) is 33.1 Å². The van der Waals surface area contributed by atoms with Gasteiger partial charge in [-0.25, -0.2) is 8.42 Å². The molecule has 0 spiro atoms. The number of ether oxygens (including phenoxy) is 1. The second-order valence-corrected chi connectivity index (χ2v) is 10.4. The summed E-state index contributed by atoms with van der Waals surface area (Å²) in [6.45, 7) is 4.42. The molecule has 0 unspecified atom stereocenters. The Bertz CT molecular complexity index is 701. The number of carboxylic acid groups (broad SMARTS) is 1. The van der Waals surface area contributed by atoms with Crippen LogP contribution in [0.5, 0.6) is 0 Å². The van der Waals surface area contributed by atoms with Gasteiger partial charge in [0.15, 0.2) is 0 Å². The monoisotopic (exact) mass is 387 g/mol. The third-order valence-electron chi connectivity index (χ3n) is 5.38. The summed E-state index contributed by atoms with van der Waals surface area (Å²) in [6.07, 6.45) is 2.53. The van der Waals surface area contributed by atoms with Gasteiger partial charge in [-0.2, -0.15) is 4.31 Å². The van der Waals surface area contributed by atoms with Crippen LogP contribution in [0.4, 0.5) is 0 Å². The molecule has 8 heteroatoms. The van der Waals surface area contributed by atoms with E-state index in [2.05, 4.69) is 13.8 Å². The summed E-state index contributed by atoms with van der Waals surface area (Å²) in [5, 5.41) is 10.9. The molecule has 0 aromatic carbocycles. The van der Waals surface area contributed by atoms with E-state index < -0.39 is 22.5 Å². The van der Waals surface area contributed by atoms with E-state index in [-0.39, 0.29) is 16.4 Å². The van der Waals surface area contributed by atoms with Crippen molar-refractivity contribution in [2.24, 2.45) is 17.8 Å². The van der Waals surface area contributed by atoms with Gasteiger partial charge in [0.25, 0.3) is 10.0 Å². The Kier molecular flexibility index (Phi) is 5.53. The average Bonchev–Trinajstić information content (AvgIpc) is 3.20. The van der Waals surface area contributed by atoms with Crippen molar-refractivity contribution in [3.63, 3.8) is 0 Å². The van der Waals surface area contributed by atoms with Crippen LogP contribution < -0.4 is 0 Å². The van der Waals surface area contributed by atoms with Crippen LogP contribution >= 0.6 is 11.3 Å². The smallest absolute Gasteiger partial charge is 0.318 e. The standard InChI is InChI=1S/C17H25NO5S2/c1-11(2)15-8-12-6-14(7-13(12)10-23-15)18(9-16(19)20)25(21,22)17-4-3-5-24-17/h3-5,11-15H,6-10H2,1-2H3,(H,19,20)/t12-,13+,14-,15-/m0/s1. The van der Waals surface area contributed by atoms with Crippen LogP contribution in [0.2, 0.25) is 0 Å². The molecule has 1 N–H and O–H groups in total. The van der Waals surface area contributed by atoms with Crippen molar-refractivity contribution in [1.29, 1.82) is 0 Å². The maximum Gasteiger partial charge on any atom is 0.318 e. The highest BCUT2D eigenvalue weighted by Crippen LogP contribution is 2.43. The number of rotatable bonds is 6. The van der Waals surface area contributed by atoms with E-state index >= 15 is 0 Å². The van der Waals surface area contributed by atoms with Gasteiger partial charge in [-0.3, -0.25) is 4.79 Å². The molecule has 6 nitrogen and oxygen atoms in total. The summed E-state index contributed by atoms with van der Waals surface area (Å²) in [5.41, 5.74) is 0. The normalized spacial score (nSPS) is 29.9. The Balaban J connectivity index is 1.80. The molecule has 2 fully saturated rings. The molecule has 2 heterocycles. The molecule has 0 radical (unpaired) electrons. The Hall–Kier alpha value is -0.960. The summed E-state index contributed by atoms with van der Waals surface area (Å²) < 4.78 is 33.2. The van der Waals surface area contributed by atoms with Crippen molar-refractivity contribution in [2.45, 2.75) is 49.5 Å². The highest BCUT2D eigenvalue weighted by molar-refractivity contribution is 7.91. The largest absolute Gasteiger partial charge is 0.480 e. The zero-order chi connectivity index (χ0) is 18.2. The van der Waals surface area contributed by atoms with Crippen molar-refractivity contribution in [2.75, 3.05) is 13.2 Å². The number of sulfonamides is 1. The van der Waals surface area contributed by atoms with Gasteiger partial charge in [-0.1, -0.05) is 19.9 Å². The fraction of sp³-hybridized carbons (Fsp3) is 0.706. The molecule has 3 rings (SSSR count). The molecule has 0 bridgehead atoms. The lowest BCUT2D eigenvalue weighted by Gasteiger charge is -2.34. The van der Waals surface area contributed by atoms with Crippen LogP contribution in [0.15, 0.2) is 21.7 Å². The molecule has 2 aliphatic rings. The molecule has 1 aliphatic carbocycles. The Morgan fingerprint density at radius 2 is 2.08 bits per heavy atom. The number of hydrogen-bond acceptors (Lipinski definition) is 5. The van der Waals surface area contributed by atoms with Gasteiger partial charge < -0.3 is 9.84 Å². The SMILES string of the molecule is CC(C)[C@@H]1C[C@@H]2C[C@H](N(CC(=O)O)S(=O)(=O)c3cccs3)C[C@@H]2CO1. The van der Waals surface area contributed by atoms with Crippen molar-refractivity contribution >= 4 is 27.3 Å². The van der Waals surface area contributed by atoms with Crippen LogP contribution in [0, 0.1) is 17.8 Å². The summed E-state index contributed by atoms with van der Waals surface area (Å²) in [6, 6.07) is 2.94. The maximum absolute atomic E-state index is 12.9. The van der Waals surface area contributed by atoms with E-state index in [0.29, 0.717) is 30.8 Å². The lowest BCUT2D eigenvalue weighted by atomic mass is 9.85. The first kappa shape index (κ1) is 18.8. The number of aliphatic carboxylic acids is 1.